The summed E-state index contributed by atoms with van der Waals surface area (Å²) in [7, 11) is 0. The second-order valence-corrected chi connectivity index (χ2v) is 9.93. The van der Waals surface area contributed by atoms with Gasteiger partial charge in [0.15, 0.2) is 0 Å². The molecule has 1 fully saturated rings. The summed E-state index contributed by atoms with van der Waals surface area (Å²) in [5, 5.41) is 1.61. The zero-order valence-corrected chi connectivity index (χ0v) is 21.0. The van der Waals surface area contributed by atoms with Crippen molar-refractivity contribution in [2.75, 3.05) is 37.6 Å². The number of benzene rings is 2. The Morgan fingerprint density at radius 3 is 2.51 bits per heavy atom. The number of hydrogen-bond donors (Lipinski definition) is 1. The van der Waals surface area contributed by atoms with Crippen molar-refractivity contribution in [2.45, 2.75) is 26.2 Å². The van der Waals surface area contributed by atoms with E-state index in [1.807, 2.05) is 37.4 Å². The molecular formula is C30H31FN4O2. The zero-order valence-electron chi connectivity index (χ0n) is 21.0. The standard InChI is InChI=1S/C30H31FN4O2/c1-21-18-27-29(37-21)11-13-35(30(27)36)25-8-6-24(7-9-25)34-16-14-33(15-17-34)12-3-2-4-22-20-32-28-10-5-23(31)19-26(22)28/h5-11,13,18-20,32H,2-4,12,14-17H2,1H3. The van der Waals surface area contributed by atoms with Crippen molar-refractivity contribution in [3.05, 3.63) is 94.5 Å². The Balaban J connectivity index is 1.00. The van der Waals surface area contributed by atoms with Crippen LogP contribution in [0.5, 0.6) is 0 Å². The number of H-pyrrole nitrogens is 1. The Hall–Kier alpha value is -3.84. The van der Waals surface area contributed by atoms with Crippen molar-refractivity contribution < 1.29 is 8.81 Å². The second-order valence-electron chi connectivity index (χ2n) is 9.93. The molecule has 0 atom stereocenters. The summed E-state index contributed by atoms with van der Waals surface area (Å²) < 4.78 is 20.9. The summed E-state index contributed by atoms with van der Waals surface area (Å²) in [5.41, 5.74) is 4.80. The highest BCUT2D eigenvalue weighted by Crippen LogP contribution is 2.23. The lowest BCUT2D eigenvalue weighted by atomic mass is 10.1. The number of aromatic nitrogens is 2. The molecule has 0 radical (unpaired) electrons. The van der Waals surface area contributed by atoms with Crippen LogP contribution >= 0.6 is 0 Å². The molecule has 7 heteroatoms. The molecule has 190 valence electrons. The lowest BCUT2D eigenvalue weighted by Gasteiger charge is -2.36. The van der Waals surface area contributed by atoms with Crippen molar-refractivity contribution in [2.24, 2.45) is 0 Å². The molecule has 2 aromatic carbocycles. The summed E-state index contributed by atoms with van der Waals surface area (Å²) in [4.78, 5) is 21.1. The minimum Gasteiger partial charge on any atom is -0.461 e. The number of piperazine rings is 1. The zero-order chi connectivity index (χ0) is 25.4. The summed E-state index contributed by atoms with van der Waals surface area (Å²) in [6, 6.07) is 16.8. The molecule has 0 aliphatic carbocycles. The van der Waals surface area contributed by atoms with Crippen LogP contribution in [0, 0.1) is 12.7 Å². The van der Waals surface area contributed by atoms with Crippen LogP contribution in [0.25, 0.3) is 27.6 Å². The lowest BCUT2D eigenvalue weighted by Crippen LogP contribution is -2.46. The number of unbranched alkanes of at least 4 members (excludes halogenated alkanes) is 1. The Labute approximate surface area is 214 Å². The number of anilines is 1. The number of rotatable bonds is 7. The number of aromatic amines is 1. The van der Waals surface area contributed by atoms with Gasteiger partial charge >= 0.3 is 0 Å². The van der Waals surface area contributed by atoms with E-state index in [-0.39, 0.29) is 11.4 Å². The first-order chi connectivity index (χ1) is 18.0. The van der Waals surface area contributed by atoms with E-state index in [1.165, 1.54) is 17.3 Å². The number of furan rings is 1. The van der Waals surface area contributed by atoms with Gasteiger partial charge in [0.25, 0.3) is 5.56 Å². The van der Waals surface area contributed by atoms with Gasteiger partial charge in [0.05, 0.1) is 5.39 Å². The van der Waals surface area contributed by atoms with Crippen molar-refractivity contribution in [3.63, 3.8) is 0 Å². The Bertz CT molecular complexity index is 1590. The highest BCUT2D eigenvalue weighted by molar-refractivity contribution is 5.83. The van der Waals surface area contributed by atoms with Gasteiger partial charge in [-0.15, -0.1) is 0 Å². The fraction of sp³-hybridized carbons (Fsp3) is 0.300. The maximum absolute atomic E-state index is 13.6. The van der Waals surface area contributed by atoms with Gasteiger partial charge in [-0.3, -0.25) is 14.3 Å². The molecule has 0 saturated carbocycles. The van der Waals surface area contributed by atoms with E-state index >= 15 is 0 Å². The Morgan fingerprint density at radius 1 is 0.919 bits per heavy atom. The maximum Gasteiger partial charge on any atom is 0.266 e. The molecule has 0 amide bonds. The predicted molar refractivity (Wildman–Crippen MR) is 146 cm³/mol. The molecule has 6 rings (SSSR count). The third-order valence-corrected chi connectivity index (χ3v) is 7.47. The minimum absolute atomic E-state index is 0.0624. The first-order valence-corrected chi connectivity index (χ1v) is 13.0. The molecule has 3 aromatic heterocycles. The molecule has 1 saturated heterocycles. The molecule has 4 heterocycles. The summed E-state index contributed by atoms with van der Waals surface area (Å²) in [6.45, 7) is 6.99. The van der Waals surface area contributed by atoms with E-state index in [0.717, 1.165) is 74.3 Å². The van der Waals surface area contributed by atoms with Gasteiger partial charge in [-0.2, -0.15) is 0 Å². The molecule has 1 aliphatic rings. The predicted octanol–water partition coefficient (Wildman–Crippen LogP) is 5.66. The van der Waals surface area contributed by atoms with Crippen LogP contribution < -0.4 is 10.5 Å². The van der Waals surface area contributed by atoms with Crippen LogP contribution in [-0.2, 0) is 6.42 Å². The number of aryl methyl sites for hydroxylation is 2. The normalized spacial score (nSPS) is 14.7. The molecule has 5 aromatic rings. The lowest BCUT2D eigenvalue weighted by molar-refractivity contribution is 0.253. The van der Waals surface area contributed by atoms with Gasteiger partial charge in [0, 0.05) is 60.9 Å². The average Bonchev–Trinajstić information content (AvgIpc) is 3.50. The van der Waals surface area contributed by atoms with E-state index in [0.29, 0.717) is 11.0 Å². The molecule has 1 N–H and O–H groups in total. The van der Waals surface area contributed by atoms with Gasteiger partial charge in [0.2, 0.25) is 0 Å². The Morgan fingerprint density at radius 2 is 1.70 bits per heavy atom. The first kappa shape index (κ1) is 23.6. The van der Waals surface area contributed by atoms with Gasteiger partial charge in [0.1, 0.15) is 17.2 Å². The van der Waals surface area contributed by atoms with Crippen molar-refractivity contribution in [1.29, 1.82) is 0 Å². The monoisotopic (exact) mass is 498 g/mol. The third kappa shape index (κ3) is 4.79. The molecular weight excluding hydrogens is 467 g/mol. The SMILES string of the molecule is Cc1cc2c(=O)n(-c3ccc(N4CCN(CCCCc5c[nH]c6ccc(F)cc56)CC4)cc3)ccc2o1. The van der Waals surface area contributed by atoms with Gasteiger partial charge < -0.3 is 14.3 Å². The van der Waals surface area contributed by atoms with Crippen LogP contribution in [-0.4, -0.2) is 47.2 Å². The summed E-state index contributed by atoms with van der Waals surface area (Å²) in [5.74, 6) is 0.561. The fourth-order valence-corrected chi connectivity index (χ4v) is 5.43. The number of nitrogens with zero attached hydrogens (tertiary/aromatic N) is 3. The highest BCUT2D eigenvalue weighted by Gasteiger charge is 2.17. The number of pyridine rings is 1. The van der Waals surface area contributed by atoms with E-state index < -0.39 is 0 Å². The van der Waals surface area contributed by atoms with Crippen molar-refractivity contribution >= 4 is 27.6 Å². The molecule has 0 spiro atoms. The maximum atomic E-state index is 13.6. The van der Waals surface area contributed by atoms with Crippen LogP contribution in [0.15, 0.2) is 76.2 Å². The first-order valence-electron chi connectivity index (χ1n) is 13.0. The van der Waals surface area contributed by atoms with Gasteiger partial charge in [-0.05, 0) is 92.9 Å². The number of hydrogen-bond acceptors (Lipinski definition) is 4. The van der Waals surface area contributed by atoms with Gasteiger partial charge in [-0.1, -0.05) is 0 Å². The fourth-order valence-electron chi connectivity index (χ4n) is 5.43. The molecule has 37 heavy (non-hydrogen) atoms. The van der Waals surface area contributed by atoms with Crippen LogP contribution in [0.1, 0.15) is 24.2 Å². The van der Waals surface area contributed by atoms with E-state index in [2.05, 4.69) is 26.9 Å². The summed E-state index contributed by atoms with van der Waals surface area (Å²) in [6.07, 6.45) is 6.98. The number of fused-ring (bicyclic) bond motifs is 2. The second kappa shape index (κ2) is 9.90. The highest BCUT2D eigenvalue weighted by atomic mass is 19.1. The van der Waals surface area contributed by atoms with E-state index in [1.54, 1.807) is 22.9 Å². The minimum atomic E-state index is -0.180. The smallest absolute Gasteiger partial charge is 0.266 e. The number of halogens is 1. The number of nitrogens with one attached hydrogen (secondary N) is 1. The van der Waals surface area contributed by atoms with Crippen LogP contribution in [0.3, 0.4) is 0 Å². The van der Waals surface area contributed by atoms with Crippen LogP contribution in [0.4, 0.5) is 10.1 Å². The van der Waals surface area contributed by atoms with E-state index in [4.69, 9.17) is 4.42 Å². The molecule has 0 bridgehead atoms. The molecule has 6 nitrogen and oxygen atoms in total. The van der Waals surface area contributed by atoms with Crippen molar-refractivity contribution in [3.8, 4) is 5.69 Å². The quantitative estimate of drug-likeness (QED) is 0.294. The average molecular weight is 499 g/mol. The molecule has 0 unspecified atom stereocenters. The topological polar surface area (TPSA) is 57.4 Å². The molecule has 1 aliphatic heterocycles. The Kier molecular flexibility index (Phi) is 6.30. The van der Waals surface area contributed by atoms with Crippen molar-refractivity contribution in [1.82, 2.24) is 14.5 Å². The van der Waals surface area contributed by atoms with E-state index in [9.17, 15) is 9.18 Å². The largest absolute Gasteiger partial charge is 0.461 e. The summed E-state index contributed by atoms with van der Waals surface area (Å²) >= 11 is 0. The van der Waals surface area contributed by atoms with Gasteiger partial charge in [-0.25, -0.2) is 4.39 Å². The van der Waals surface area contributed by atoms with Crippen LogP contribution in [0.2, 0.25) is 0 Å². The third-order valence-electron chi connectivity index (χ3n) is 7.47.